The van der Waals surface area contributed by atoms with Crippen LogP contribution in [0.1, 0.15) is 56.4 Å². The van der Waals surface area contributed by atoms with Crippen LogP contribution in [0.4, 0.5) is 0 Å². The second kappa shape index (κ2) is 5.94. The van der Waals surface area contributed by atoms with Gasteiger partial charge in [0.2, 0.25) is 0 Å². The average Bonchev–Trinajstić information content (AvgIpc) is 2.97. The highest BCUT2D eigenvalue weighted by molar-refractivity contribution is 7.10. The molecule has 0 amide bonds. The smallest absolute Gasteiger partial charge is 0.0445 e. The SMILES string of the molecule is CCC(c1cccs1)N1CCNCC12CCCCC2. The second-order valence-corrected chi connectivity index (χ2v) is 7.07. The Hall–Kier alpha value is -0.380. The number of thiophene rings is 1. The molecule has 1 saturated carbocycles. The van der Waals surface area contributed by atoms with Crippen molar-refractivity contribution in [3.05, 3.63) is 22.4 Å². The first-order valence-electron chi connectivity index (χ1n) is 7.86. The van der Waals surface area contributed by atoms with E-state index in [4.69, 9.17) is 0 Å². The summed E-state index contributed by atoms with van der Waals surface area (Å²) in [5.41, 5.74) is 0.446. The molecular weight excluding hydrogens is 252 g/mol. The summed E-state index contributed by atoms with van der Waals surface area (Å²) in [5.74, 6) is 0. The average molecular weight is 278 g/mol. The van der Waals surface area contributed by atoms with E-state index in [0.29, 0.717) is 11.6 Å². The van der Waals surface area contributed by atoms with Crippen molar-refractivity contribution in [2.24, 2.45) is 0 Å². The van der Waals surface area contributed by atoms with Crippen molar-refractivity contribution >= 4 is 11.3 Å². The number of nitrogens with zero attached hydrogens (tertiary/aromatic N) is 1. The quantitative estimate of drug-likeness (QED) is 0.904. The minimum absolute atomic E-state index is 0.446. The third kappa shape index (κ3) is 2.61. The van der Waals surface area contributed by atoms with E-state index in [1.807, 2.05) is 11.3 Å². The highest BCUT2D eigenvalue weighted by Crippen LogP contribution is 2.41. The van der Waals surface area contributed by atoms with E-state index >= 15 is 0 Å². The molecule has 19 heavy (non-hydrogen) atoms. The summed E-state index contributed by atoms with van der Waals surface area (Å²) >= 11 is 1.93. The molecule has 0 aromatic carbocycles. The molecule has 2 heterocycles. The minimum Gasteiger partial charge on any atom is -0.314 e. The van der Waals surface area contributed by atoms with Gasteiger partial charge in [-0.15, -0.1) is 11.3 Å². The Bertz CT molecular complexity index is 373. The van der Waals surface area contributed by atoms with E-state index in [1.54, 1.807) is 4.88 Å². The van der Waals surface area contributed by atoms with E-state index in [9.17, 15) is 0 Å². The largest absolute Gasteiger partial charge is 0.314 e. The van der Waals surface area contributed by atoms with Crippen LogP contribution in [0.3, 0.4) is 0 Å². The molecule has 1 aliphatic carbocycles. The first-order chi connectivity index (χ1) is 9.36. The number of hydrogen-bond donors (Lipinski definition) is 1. The van der Waals surface area contributed by atoms with Gasteiger partial charge in [0, 0.05) is 36.1 Å². The van der Waals surface area contributed by atoms with Crippen LogP contribution >= 0.6 is 11.3 Å². The lowest BCUT2D eigenvalue weighted by molar-refractivity contribution is -0.00866. The van der Waals surface area contributed by atoms with E-state index in [2.05, 4.69) is 34.7 Å². The van der Waals surface area contributed by atoms with Crippen molar-refractivity contribution in [1.82, 2.24) is 10.2 Å². The van der Waals surface area contributed by atoms with Gasteiger partial charge >= 0.3 is 0 Å². The van der Waals surface area contributed by atoms with Crippen LogP contribution in [0.25, 0.3) is 0 Å². The molecule has 1 aromatic rings. The maximum Gasteiger partial charge on any atom is 0.0445 e. The molecule has 1 unspecified atom stereocenters. The number of nitrogens with one attached hydrogen (secondary N) is 1. The Morgan fingerprint density at radius 3 is 2.89 bits per heavy atom. The van der Waals surface area contributed by atoms with Gasteiger partial charge in [0.05, 0.1) is 0 Å². The summed E-state index contributed by atoms with van der Waals surface area (Å²) in [7, 11) is 0. The summed E-state index contributed by atoms with van der Waals surface area (Å²) in [6, 6.07) is 5.18. The van der Waals surface area contributed by atoms with Crippen molar-refractivity contribution in [3.8, 4) is 0 Å². The molecule has 2 fully saturated rings. The van der Waals surface area contributed by atoms with Gasteiger partial charge in [-0.25, -0.2) is 0 Å². The molecule has 106 valence electrons. The fourth-order valence-electron chi connectivity index (χ4n) is 4.08. The van der Waals surface area contributed by atoms with Crippen molar-refractivity contribution in [2.45, 2.75) is 57.0 Å². The summed E-state index contributed by atoms with van der Waals surface area (Å²) in [4.78, 5) is 4.42. The summed E-state index contributed by atoms with van der Waals surface area (Å²) in [6.45, 7) is 5.93. The Kier molecular flexibility index (Phi) is 4.25. The van der Waals surface area contributed by atoms with Gasteiger partial charge in [0.15, 0.2) is 0 Å². The van der Waals surface area contributed by atoms with Crippen LogP contribution in [-0.4, -0.2) is 30.1 Å². The Morgan fingerprint density at radius 1 is 1.37 bits per heavy atom. The zero-order chi connectivity index (χ0) is 13.1. The summed E-state index contributed by atoms with van der Waals surface area (Å²) < 4.78 is 0. The van der Waals surface area contributed by atoms with Crippen LogP contribution < -0.4 is 5.32 Å². The monoisotopic (exact) mass is 278 g/mol. The first-order valence-corrected chi connectivity index (χ1v) is 8.74. The maximum atomic E-state index is 3.66. The highest BCUT2D eigenvalue weighted by Gasteiger charge is 2.42. The predicted molar refractivity (Wildman–Crippen MR) is 82.7 cm³/mol. The van der Waals surface area contributed by atoms with Crippen LogP contribution in [0.5, 0.6) is 0 Å². The number of hydrogen-bond acceptors (Lipinski definition) is 3. The molecule has 3 rings (SSSR count). The lowest BCUT2D eigenvalue weighted by Crippen LogP contribution is -2.62. The lowest BCUT2D eigenvalue weighted by Gasteiger charge is -2.53. The first kappa shape index (κ1) is 13.6. The molecule has 0 bridgehead atoms. The summed E-state index contributed by atoms with van der Waals surface area (Å²) in [5, 5.41) is 5.89. The molecule has 1 saturated heterocycles. The standard InChI is InChI=1S/C16H26N2S/c1-2-14(15-7-6-12-19-15)18-11-10-17-13-16(18)8-4-3-5-9-16/h6-7,12,14,17H,2-5,8-11,13H2,1H3. The zero-order valence-electron chi connectivity index (χ0n) is 12.0. The van der Waals surface area contributed by atoms with Gasteiger partial charge in [-0.1, -0.05) is 32.3 Å². The molecule has 2 aliphatic rings. The molecule has 1 N–H and O–H groups in total. The molecular formula is C16H26N2S. The van der Waals surface area contributed by atoms with E-state index in [-0.39, 0.29) is 0 Å². The topological polar surface area (TPSA) is 15.3 Å². The summed E-state index contributed by atoms with van der Waals surface area (Å²) in [6.07, 6.45) is 8.29. The van der Waals surface area contributed by atoms with Gasteiger partial charge in [-0.05, 0) is 30.7 Å². The number of rotatable bonds is 3. The van der Waals surface area contributed by atoms with Crippen molar-refractivity contribution in [2.75, 3.05) is 19.6 Å². The second-order valence-electron chi connectivity index (χ2n) is 6.09. The Morgan fingerprint density at radius 2 is 2.21 bits per heavy atom. The molecule has 2 nitrogen and oxygen atoms in total. The van der Waals surface area contributed by atoms with Crippen molar-refractivity contribution in [3.63, 3.8) is 0 Å². The molecule has 1 spiro atoms. The van der Waals surface area contributed by atoms with Gasteiger partial charge < -0.3 is 5.32 Å². The number of piperazine rings is 1. The normalized spacial score (nSPS) is 25.5. The van der Waals surface area contributed by atoms with Crippen LogP contribution in [-0.2, 0) is 0 Å². The molecule has 1 aliphatic heterocycles. The van der Waals surface area contributed by atoms with Crippen molar-refractivity contribution in [1.29, 1.82) is 0 Å². The van der Waals surface area contributed by atoms with Gasteiger partial charge in [0.25, 0.3) is 0 Å². The Balaban J connectivity index is 1.86. The van der Waals surface area contributed by atoms with Gasteiger partial charge in [-0.3, -0.25) is 4.90 Å². The van der Waals surface area contributed by atoms with Crippen LogP contribution in [0, 0.1) is 0 Å². The van der Waals surface area contributed by atoms with E-state index in [1.165, 1.54) is 51.6 Å². The van der Waals surface area contributed by atoms with Crippen molar-refractivity contribution < 1.29 is 0 Å². The van der Waals surface area contributed by atoms with E-state index in [0.717, 1.165) is 6.54 Å². The molecule has 3 heteroatoms. The third-order valence-electron chi connectivity index (χ3n) is 5.01. The van der Waals surface area contributed by atoms with Gasteiger partial charge in [-0.2, -0.15) is 0 Å². The van der Waals surface area contributed by atoms with Crippen LogP contribution in [0.15, 0.2) is 17.5 Å². The van der Waals surface area contributed by atoms with Gasteiger partial charge in [0.1, 0.15) is 0 Å². The van der Waals surface area contributed by atoms with E-state index < -0.39 is 0 Å². The fourth-order valence-corrected chi connectivity index (χ4v) is 5.00. The molecule has 1 aromatic heterocycles. The maximum absolute atomic E-state index is 3.66. The fraction of sp³-hybridized carbons (Fsp3) is 0.750. The molecule has 0 radical (unpaired) electrons. The lowest BCUT2D eigenvalue weighted by atomic mass is 9.78. The molecule has 1 atom stereocenters. The Labute approximate surface area is 121 Å². The highest BCUT2D eigenvalue weighted by atomic mass is 32.1. The zero-order valence-corrected chi connectivity index (χ0v) is 12.8. The van der Waals surface area contributed by atoms with Crippen LogP contribution in [0.2, 0.25) is 0 Å². The predicted octanol–water partition coefficient (Wildman–Crippen LogP) is 3.81. The minimum atomic E-state index is 0.446. The third-order valence-corrected chi connectivity index (χ3v) is 5.99.